The predicted molar refractivity (Wildman–Crippen MR) is 89.5 cm³/mol. The lowest BCUT2D eigenvalue weighted by atomic mass is 9.87. The maximum absolute atomic E-state index is 12.4. The molecule has 5 heteroatoms. The minimum Gasteiger partial charge on any atom is -0.506 e. The fourth-order valence-corrected chi connectivity index (χ4v) is 2.81. The Morgan fingerprint density at radius 1 is 1.39 bits per heavy atom. The van der Waals surface area contributed by atoms with E-state index in [-0.39, 0.29) is 28.9 Å². The Kier molecular flexibility index (Phi) is 3.66. The summed E-state index contributed by atoms with van der Waals surface area (Å²) in [5, 5.41) is 17.0. The molecule has 2 aromatic rings. The second-order valence-corrected chi connectivity index (χ2v) is 7.37. The number of anilines is 1. The first-order chi connectivity index (χ1) is 10.8. The van der Waals surface area contributed by atoms with E-state index in [0.717, 1.165) is 17.5 Å². The van der Waals surface area contributed by atoms with E-state index in [1.165, 1.54) is 0 Å². The molecule has 0 spiro atoms. The van der Waals surface area contributed by atoms with Crippen LogP contribution in [0.4, 0.5) is 5.69 Å². The van der Waals surface area contributed by atoms with Gasteiger partial charge in [0.15, 0.2) is 0 Å². The number of carbonyl (C=O) groups excluding carboxylic acids is 1. The van der Waals surface area contributed by atoms with Crippen LogP contribution in [0, 0.1) is 5.92 Å². The third-order valence-corrected chi connectivity index (χ3v) is 4.40. The monoisotopic (exact) mass is 313 g/mol. The van der Waals surface area contributed by atoms with E-state index in [1.807, 2.05) is 31.6 Å². The van der Waals surface area contributed by atoms with Gasteiger partial charge in [-0.15, -0.1) is 0 Å². The van der Waals surface area contributed by atoms with Gasteiger partial charge in [-0.25, -0.2) is 0 Å². The van der Waals surface area contributed by atoms with Gasteiger partial charge in [-0.05, 0) is 41.0 Å². The van der Waals surface area contributed by atoms with Crippen molar-refractivity contribution in [3.8, 4) is 5.75 Å². The van der Waals surface area contributed by atoms with Gasteiger partial charge >= 0.3 is 0 Å². The van der Waals surface area contributed by atoms with Crippen molar-refractivity contribution < 1.29 is 9.90 Å². The van der Waals surface area contributed by atoms with Crippen LogP contribution in [0.3, 0.4) is 0 Å². The van der Waals surface area contributed by atoms with Crippen molar-refractivity contribution in [3.63, 3.8) is 0 Å². The van der Waals surface area contributed by atoms with E-state index in [4.69, 9.17) is 0 Å². The minimum atomic E-state index is -0.0445. The molecule has 5 nitrogen and oxygen atoms in total. The van der Waals surface area contributed by atoms with Crippen molar-refractivity contribution in [2.45, 2.75) is 38.5 Å². The average molecular weight is 313 g/mol. The molecule has 0 aliphatic heterocycles. The molecule has 1 saturated carbocycles. The van der Waals surface area contributed by atoms with Gasteiger partial charge in [0.1, 0.15) is 5.75 Å². The van der Waals surface area contributed by atoms with E-state index in [2.05, 4.69) is 31.2 Å². The predicted octanol–water partition coefficient (Wildman–Crippen LogP) is 3.17. The van der Waals surface area contributed by atoms with Crippen LogP contribution in [0.5, 0.6) is 5.75 Å². The van der Waals surface area contributed by atoms with Crippen molar-refractivity contribution in [2.75, 3.05) is 5.32 Å². The van der Waals surface area contributed by atoms with Crippen molar-refractivity contribution in [2.24, 2.45) is 13.0 Å². The number of rotatable bonds is 3. The highest BCUT2D eigenvalue weighted by molar-refractivity contribution is 5.96. The Morgan fingerprint density at radius 2 is 2.13 bits per heavy atom. The average Bonchev–Trinajstić information content (AvgIpc) is 3.15. The number of aryl methyl sites for hydroxylation is 1. The molecule has 1 aromatic carbocycles. The van der Waals surface area contributed by atoms with Gasteiger partial charge in [0.25, 0.3) is 0 Å². The normalized spacial score (nSPS) is 20.3. The Balaban J connectivity index is 1.72. The molecule has 23 heavy (non-hydrogen) atoms. The zero-order valence-electron chi connectivity index (χ0n) is 14.0. The molecule has 1 amide bonds. The number of amides is 1. The molecule has 2 unspecified atom stereocenters. The third-order valence-electron chi connectivity index (χ3n) is 4.40. The van der Waals surface area contributed by atoms with Crippen molar-refractivity contribution in [1.82, 2.24) is 9.78 Å². The second kappa shape index (κ2) is 5.41. The van der Waals surface area contributed by atoms with Crippen LogP contribution >= 0.6 is 0 Å². The van der Waals surface area contributed by atoms with Gasteiger partial charge in [0.2, 0.25) is 5.91 Å². The van der Waals surface area contributed by atoms with Crippen LogP contribution in [0.1, 0.15) is 44.2 Å². The number of aromatic nitrogens is 2. The lowest BCUT2D eigenvalue weighted by Crippen LogP contribution is -2.16. The zero-order chi connectivity index (χ0) is 16.8. The standard InChI is InChI=1S/C18H23N3O2/c1-18(2,3)12-5-6-16(22)15(7-12)20-17(23)14-8-13(14)11-9-19-21(4)10-11/h5-7,9-10,13-14,22H,8H2,1-4H3,(H,20,23). The summed E-state index contributed by atoms with van der Waals surface area (Å²) in [7, 11) is 1.87. The fraction of sp³-hybridized carbons (Fsp3) is 0.444. The Hall–Kier alpha value is -2.30. The molecule has 1 aliphatic carbocycles. The van der Waals surface area contributed by atoms with Gasteiger partial charge in [-0.2, -0.15) is 5.10 Å². The van der Waals surface area contributed by atoms with E-state index in [1.54, 1.807) is 10.7 Å². The summed E-state index contributed by atoms with van der Waals surface area (Å²) >= 11 is 0. The third kappa shape index (κ3) is 3.23. The number of hydrogen-bond donors (Lipinski definition) is 2. The topological polar surface area (TPSA) is 67.2 Å². The van der Waals surface area contributed by atoms with Crippen LogP contribution in [-0.2, 0) is 17.3 Å². The van der Waals surface area contributed by atoms with Crippen LogP contribution in [-0.4, -0.2) is 20.8 Å². The number of aromatic hydroxyl groups is 1. The maximum atomic E-state index is 12.4. The van der Waals surface area contributed by atoms with Crippen LogP contribution in [0.15, 0.2) is 30.6 Å². The van der Waals surface area contributed by atoms with E-state index in [0.29, 0.717) is 5.69 Å². The molecule has 0 bridgehead atoms. The summed E-state index contributed by atoms with van der Waals surface area (Å²) in [5.74, 6) is 0.249. The summed E-state index contributed by atoms with van der Waals surface area (Å²) in [6, 6.07) is 5.39. The number of phenols is 1. The van der Waals surface area contributed by atoms with E-state index >= 15 is 0 Å². The number of phenolic OH excluding ortho intramolecular Hbond substituents is 1. The Labute approximate surface area is 136 Å². The molecule has 0 saturated heterocycles. The Morgan fingerprint density at radius 3 is 2.74 bits per heavy atom. The van der Waals surface area contributed by atoms with Crippen molar-refractivity contribution >= 4 is 11.6 Å². The molecule has 1 fully saturated rings. The molecule has 2 N–H and O–H groups in total. The zero-order valence-corrected chi connectivity index (χ0v) is 14.0. The van der Waals surface area contributed by atoms with E-state index in [9.17, 15) is 9.90 Å². The quantitative estimate of drug-likeness (QED) is 0.855. The molecular weight excluding hydrogens is 290 g/mol. The number of benzene rings is 1. The first-order valence-corrected chi connectivity index (χ1v) is 7.88. The minimum absolute atomic E-state index is 0.0367. The SMILES string of the molecule is Cn1cc(C2CC2C(=O)Nc2cc(C(C)(C)C)ccc2O)cn1. The molecule has 3 rings (SSSR count). The van der Waals surface area contributed by atoms with Gasteiger partial charge < -0.3 is 10.4 Å². The second-order valence-electron chi connectivity index (χ2n) is 7.37. The summed E-state index contributed by atoms with van der Waals surface area (Å²) in [6.07, 6.45) is 4.60. The molecule has 0 radical (unpaired) electrons. The molecule has 122 valence electrons. The smallest absolute Gasteiger partial charge is 0.228 e. The first-order valence-electron chi connectivity index (χ1n) is 7.88. The molecule has 1 aliphatic rings. The largest absolute Gasteiger partial charge is 0.506 e. The Bertz CT molecular complexity index is 743. The van der Waals surface area contributed by atoms with Gasteiger partial charge in [0.05, 0.1) is 11.9 Å². The summed E-state index contributed by atoms with van der Waals surface area (Å²) in [4.78, 5) is 12.4. The number of nitrogens with one attached hydrogen (secondary N) is 1. The molecule has 1 aromatic heterocycles. The molecule has 2 atom stereocenters. The number of nitrogens with zero attached hydrogens (tertiary/aromatic N) is 2. The molecular formula is C18H23N3O2. The first kappa shape index (κ1) is 15.6. The highest BCUT2D eigenvalue weighted by Crippen LogP contribution is 2.48. The summed E-state index contributed by atoms with van der Waals surface area (Å²) in [6.45, 7) is 6.30. The number of hydrogen-bond acceptors (Lipinski definition) is 3. The fourth-order valence-electron chi connectivity index (χ4n) is 2.81. The number of carbonyl (C=O) groups is 1. The van der Waals surface area contributed by atoms with Crippen molar-refractivity contribution in [3.05, 3.63) is 41.7 Å². The van der Waals surface area contributed by atoms with Crippen molar-refractivity contribution in [1.29, 1.82) is 0 Å². The maximum Gasteiger partial charge on any atom is 0.228 e. The van der Waals surface area contributed by atoms with Gasteiger partial charge in [-0.3, -0.25) is 9.48 Å². The van der Waals surface area contributed by atoms with E-state index < -0.39 is 0 Å². The lowest BCUT2D eigenvalue weighted by Gasteiger charge is -2.20. The highest BCUT2D eigenvalue weighted by atomic mass is 16.3. The summed E-state index contributed by atoms with van der Waals surface area (Å²) < 4.78 is 1.75. The van der Waals surface area contributed by atoms with Crippen LogP contribution in [0.2, 0.25) is 0 Å². The van der Waals surface area contributed by atoms with Crippen LogP contribution < -0.4 is 5.32 Å². The van der Waals surface area contributed by atoms with Gasteiger partial charge in [0, 0.05) is 19.2 Å². The summed E-state index contributed by atoms with van der Waals surface area (Å²) in [5.41, 5.74) is 2.62. The lowest BCUT2D eigenvalue weighted by molar-refractivity contribution is -0.117. The highest BCUT2D eigenvalue weighted by Gasteiger charge is 2.44. The van der Waals surface area contributed by atoms with Crippen LogP contribution in [0.25, 0.3) is 0 Å². The molecule has 1 heterocycles. The van der Waals surface area contributed by atoms with Gasteiger partial charge in [-0.1, -0.05) is 26.8 Å².